The molecule has 0 unspecified atom stereocenters. The van der Waals surface area contributed by atoms with E-state index in [1.165, 1.54) is 10.9 Å². The second kappa shape index (κ2) is 2.34. The number of anilines is 1. The fourth-order valence-electron chi connectivity index (χ4n) is 0.514. The standard InChI is InChI=1S/C4H6N4O2/c1-8-2-3(6-7-8)5-4(9)10/h2,5H,1H3,(H,9,10). The minimum atomic E-state index is -1.14. The fraction of sp³-hybridized carbons (Fsp3) is 0.250. The largest absolute Gasteiger partial charge is 0.465 e. The van der Waals surface area contributed by atoms with E-state index in [9.17, 15) is 4.79 Å². The van der Waals surface area contributed by atoms with Crippen LogP contribution in [-0.2, 0) is 7.05 Å². The summed E-state index contributed by atoms with van der Waals surface area (Å²) in [6.45, 7) is 0. The smallest absolute Gasteiger partial charge is 0.410 e. The van der Waals surface area contributed by atoms with E-state index in [0.717, 1.165) is 0 Å². The van der Waals surface area contributed by atoms with Crippen LogP contribution < -0.4 is 5.32 Å². The Balaban J connectivity index is 2.67. The van der Waals surface area contributed by atoms with Crippen LogP contribution in [0.4, 0.5) is 10.6 Å². The summed E-state index contributed by atoms with van der Waals surface area (Å²) in [5.41, 5.74) is 0. The zero-order valence-electron chi connectivity index (χ0n) is 5.27. The number of rotatable bonds is 1. The molecule has 1 amide bonds. The molecule has 0 aromatic carbocycles. The Kier molecular flexibility index (Phi) is 1.53. The third-order valence-electron chi connectivity index (χ3n) is 0.838. The highest BCUT2D eigenvalue weighted by Crippen LogP contribution is 1.96. The van der Waals surface area contributed by atoms with Crippen molar-refractivity contribution in [2.75, 3.05) is 5.32 Å². The number of hydrogen-bond donors (Lipinski definition) is 2. The van der Waals surface area contributed by atoms with Crippen molar-refractivity contribution in [2.45, 2.75) is 0 Å². The molecule has 1 heterocycles. The van der Waals surface area contributed by atoms with Crippen LogP contribution in [0.1, 0.15) is 0 Å². The molecular formula is C4H6N4O2. The van der Waals surface area contributed by atoms with Gasteiger partial charge in [0, 0.05) is 7.05 Å². The first-order valence-corrected chi connectivity index (χ1v) is 2.55. The molecule has 0 bridgehead atoms. The van der Waals surface area contributed by atoms with E-state index in [2.05, 4.69) is 10.3 Å². The number of nitrogens with zero attached hydrogens (tertiary/aromatic N) is 3. The lowest BCUT2D eigenvalue weighted by molar-refractivity contribution is 0.209. The second-order valence-corrected chi connectivity index (χ2v) is 1.71. The van der Waals surface area contributed by atoms with Gasteiger partial charge in [-0.25, -0.2) is 4.79 Å². The molecule has 0 aliphatic carbocycles. The van der Waals surface area contributed by atoms with Gasteiger partial charge in [0.1, 0.15) is 0 Å². The van der Waals surface area contributed by atoms with Gasteiger partial charge in [0.25, 0.3) is 0 Å². The average molecular weight is 142 g/mol. The van der Waals surface area contributed by atoms with Gasteiger partial charge in [-0.3, -0.25) is 10.00 Å². The predicted molar refractivity (Wildman–Crippen MR) is 32.7 cm³/mol. The summed E-state index contributed by atoms with van der Waals surface area (Å²) >= 11 is 0. The van der Waals surface area contributed by atoms with Crippen LogP contribution in [0.3, 0.4) is 0 Å². The molecule has 0 fully saturated rings. The second-order valence-electron chi connectivity index (χ2n) is 1.71. The van der Waals surface area contributed by atoms with Crippen LogP contribution in [0.5, 0.6) is 0 Å². The van der Waals surface area contributed by atoms with Gasteiger partial charge in [0.05, 0.1) is 6.20 Å². The van der Waals surface area contributed by atoms with Gasteiger partial charge in [0.2, 0.25) is 0 Å². The Bertz CT molecular complexity index is 243. The highest BCUT2D eigenvalue weighted by atomic mass is 16.4. The molecule has 0 saturated carbocycles. The third kappa shape index (κ3) is 1.44. The Hall–Kier alpha value is -1.59. The zero-order valence-corrected chi connectivity index (χ0v) is 5.27. The monoisotopic (exact) mass is 142 g/mol. The lowest BCUT2D eigenvalue weighted by Crippen LogP contribution is -2.07. The van der Waals surface area contributed by atoms with Crippen LogP contribution >= 0.6 is 0 Å². The molecule has 0 saturated heterocycles. The number of hydrogen-bond acceptors (Lipinski definition) is 3. The van der Waals surface area contributed by atoms with E-state index in [-0.39, 0.29) is 5.82 Å². The molecule has 54 valence electrons. The van der Waals surface area contributed by atoms with Crippen molar-refractivity contribution in [3.8, 4) is 0 Å². The van der Waals surface area contributed by atoms with Gasteiger partial charge < -0.3 is 5.11 Å². The zero-order chi connectivity index (χ0) is 7.56. The minimum absolute atomic E-state index is 0.231. The number of aryl methyl sites for hydroxylation is 1. The number of carboxylic acid groups (broad SMARTS) is 1. The summed E-state index contributed by atoms with van der Waals surface area (Å²) < 4.78 is 1.41. The predicted octanol–water partition coefficient (Wildman–Crippen LogP) is -0.0950. The van der Waals surface area contributed by atoms with E-state index in [0.29, 0.717) is 0 Å². The lowest BCUT2D eigenvalue weighted by Gasteiger charge is -1.88. The van der Waals surface area contributed by atoms with E-state index in [4.69, 9.17) is 5.11 Å². The van der Waals surface area contributed by atoms with Crippen LogP contribution in [0, 0.1) is 0 Å². The normalized spacial score (nSPS) is 9.30. The van der Waals surface area contributed by atoms with E-state index in [1.54, 1.807) is 7.05 Å². The first-order chi connectivity index (χ1) is 4.68. The van der Waals surface area contributed by atoms with Crippen molar-refractivity contribution in [3.05, 3.63) is 6.20 Å². The van der Waals surface area contributed by atoms with Gasteiger partial charge in [-0.1, -0.05) is 5.21 Å². The summed E-state index contributed by atoms with van der Waals surface area (Å²) in [7, 11) is 1.65. The maximum absolute atomic E-state index is 9.99. The van der Waals surface area contributed by atoms with Gasteiger partial charge in [0.15, 0.2) is 5.82 Å². The van der Waals surface area contributed by atoms with Crippen molar-refractivity contribution in [3.63, 3.8) is 0 Å². The van der Waals surface area contributed by atoms with Crippen molar-refractivity contribution in [2.24, 2.45) is 7.05 Å². The molecule has 2 N–H and O–H groups in total. The highest BCUT2D eigenvalue weighted by Gasteiger charge is 1.99. The molecule has 1 aromatic heterocycles. The quantitative estimate of drug-likeness (QED) is 0.574. The lowest BCUT2D eigenvalue weighted by atomic mass is 10.7. The molecule has 0 spiro atoms. The van der Waals surface area contributed by atoms with Crippen molar-refractivity contribution in [1.29, 1.82) is 0 Å². The summed E-state index contributed by atoms with van der Waals surface area (Å²) in [5, 5.41) is 17.2. The number of amides is 1. The van der Waals surface area contributed by atoms with E-state index in [1.807, 2.05) is 5.32 Å². The molecule has 1 rings (SSSR count). The molecule has 6 heteroatoms. The fourth-order valence-corrected chi connectivity index (χ4v) is 0.514. The van der Waals surface area contributed by atoms with Gasteiger partial charge in [-0.2, -0.15) is 0 Å². The van der Waals surface area contributed by atoms with E-state index >= 15 is 0 Å². The molecule has 6 nitrogen and oxygen atoms in total. The van der Waals surface area contributed by atoms with Crippen molar-refractivity contribution < 1.29 is 9.90 Å². The maximum atomic E-state index is 9.99. The molecule has 0 aliphatic heterocycles. The van der Waals surface area contributed by atoms with E-state index < -0.39 is 6.09 Å². The first kappa shape index (κ1) is 6.53. The molecule has 0 radical (unpaired) electrons. The highest BCUT2D eigenvalue weighted by molar-refractivity contribution is 5.80. The first-order valence-electron chi connectivity index (χ1n) is 2.55. The maximum Gasteiger partial charge on any atom is 0.410 e. The van der Waals surface area contributed by atoms with Crippen LogP contribution in [0.25, 0.3) is 0 Å². The van der Waals surface area contributed by atoms with Gasteiger partial charge >= 0.3 is 6.09 Å². The Labute approximate surface area is 56.5 Å². The number of aromatic nitrogens is 3. The molecule has 0 atom stereocenters. The number of carbonyl (C=O) groups is 1. The summed E-state index contributed by atoms with van der Waals surface area (Å²) in [5.74, 6) is 0.231. The van der Waals surface area contributed by atoms with Crippen LogP contribution in [0.2, 0.25) is 0 Å². The Morgan fingerprint density at radius 2 is 2.60 bits per heavy atom. The summed E-state index contributed by atoms with van der Waals surface area (Å²) in [6, 6.07) is 0. The molecule has 1 aromatic rings. The minimum Gasteiger partial charge on any atom is -0.465 e. The number of nitrogens with one attached hydrogen (secondary N) is 1. The molecular weight excluding hydrogens is 136 g/mol. The van der Waals surface area contributed by atoms with Crippen molar-refractivity contribution in [1.82, 2.24) is 15.0 Å². The topological polar surface area (TPSA) is 80.0 Å². The molecule has 10 heavy (non-hydrogen) atoms. The SMILES string of the molecule is Cn1cc(NC(=O)O)nn1. The summed E-state index contributed by atoms with van der Waals surface area (Å²) in [6.07, 6.45) is 0.328. The third-order valence-corrected chi connectivity index (χ3v) is 0.838. The average Bonchev–Trinajstić information content (AvgIpc) is 2.13. The summed E-state index contributed by atoms with van der Waals surface area (Å²) in [4.78, 5) is 9.99. The Morgan fingerprint density at radius 1 is 1.90 bits per heavy atom. The van der Waals surface area contributed by atoms with Gasteiger partial charge in [-0.05, 0) is 0 Å². The Morgan fingerprint density at radius 3 is 3.00 bits per heavy atom. The van der Waals surface area contributed by atoms with Crippen LogP contribution in [0.15, 0.2) is 6.20 Å². The van der Waals surface area contributed by atoms with Gasteiger partial charge in [-0.15, -0.1) is 5.10 Å². The molecule has 0 aliphatic rings. The van der Waals surface area contributed by atoms with Crippen molar-refractivity contribution >= 4 is 11.9 Å². The van der Waals surface area contributed by atoms with Crippen LogP contribution in [-0.4, -0.2) is 26.2 Å².